The third kappa shape index (κ3) is 1.90. The van der Waals surface area contributed by atoms with E-state index in [4.69, 9.17) is 5.84 Å². The number of carbonyl (C=O) groups excluding carboxylic acids is 1. The van der Waals surface area contributed by atoms with Crippen LogP contribution in [0.15, 0.2) is 12.3 Å². The minimum absolute atomic E-state index is 0.213. The number of nitrogens with one attached hydrogen (secondary N) is 1. The first-order valence-corrected chi connectivity index (χ1v) is 5.42. The Morgan fingerprint density at radius 1 is 1.53 bits per heavy atom. The Bertz CT molecular complexity index is 364. The van der Waals surface area contributed by atoms with Gasteiger partial charge in [0.2, 0.25) is 0 Å². The van der Waals surface area contributed by atoms with Gasteiger partial charge in [-0.3, -0.25) is 10.2 Å². The molecule has 1 amide bonds. The van der Waals surface area contributed by atoms with E-state index in [0.717, 1.165) is 5.69 Å². The van der Waals surface area contributed by atoms with Gasteiger partial charge >= 0.3 is 0 Å². The quantitative estimate of drug-likeness (QED) is 0.439. The molecule has 82 valence electrons. The number of carbonyl (C=O) groups is 1. The zero-order valence-electron chi connectivity index (χ0n) is 8.99. The van der Waals surface area contributed by atoms with Crippen LogP contribution in [-0.4, -0.2) is 10.5 Å². The van der Waals surface area contributed by atoms with Crippen LogP contribution in [0.4, 0.5) is 0 Å². The van der Waals surface area contributed by atoms with Gasteiger partial charge in [-0.1, -0.05) is 12.8 Å². The molecule has 4 nitrogen and oxygen atoms in total. The number of hydrazine groups is 1. The molecular weight excluding hydrogens is 190 g/mol. The Hall–Kier alpha value is -1.29. The third-order valence-electron chi connectivity index (χ3n) is 3.16. The highest BCUT2D eigenvalue weighted by atomic mass is 16.2. The summed E-state index contributed by atoms with van der Waals surface area (Å²) in [6.07, 6.45) is 6.94. The second-order valence-corrected chi connectivity index (χ2v) is 4.19. The fourth-order valence-corrected chi connectivity index (χ4v) is 2.37. The van der Waals surface area contributed by atoms with Crippen molar-refractivity contribution in [1.82, 2.24) is 9.99 Å². The van der Waals surface area contributed by atoms with Crippen LogP contribution in [0.5, 0.6) is 0 Å². The number of nitrogens with zero attached hydrogens (tertiary/aromatic N) is 1. The standard InChI is InChI=1S/C11H17N3O/c1-8-6-9(11(15)13-12)7-14(8)10-4-2-3-5-10/h6-7,10H,2-5,12H2,1H3,(H,13,15). The molecule has 0 saturated heterocycles. The predicted molar refractivity (Wildman–Crippen MR) is 58.3 cm³/mol. The molecule has 1 aromatic rings. The predicted octanol–water partition coefficient (Wildman–Crippen LogP) is 1.52. The smallest absolute Gasteiger partial charge is 0.266 e. The highest BCUT2D eigenvalue weighted by Gasteiger charge is 2.19. The summed E-state index contributed by atoms with van der Waals surface area (Å²) in [5.74, 6) is 4.89. The minimum atomic E-state index is -0.213. The van der Waals surface area contributed by atoms with Crippen LogP contribution in [0.1, 0.15) is 47.8 Å². The van der Waals surface area contributed by atoms with Gasteiger partial charge in [0.25, 0.3) is 5.91 Å². The number of rotatable bonds is 2. The Labute approximate surface area is 89.4 Å². The van der Waals surface area contributed by atoms with Crippen LogP contribution in [0, 0.1) is 6.92 Å². The highest BCUT2D eigenvalue weighted by Crippen LogP contribution is 2.31. The molecule has 0 spiro atoms. The van der Waals surface area contributed by atoms with Gasteiger partial charge in [0.05, 0.1) is 5.56 Å². The summed E-state index contributed by atoms with van der Waals surface area (Å²) in [5, 5.41) is 0. The van der Waals surface area contributed by atoms with Crippen molar-refractivity contribution in [3.05, 3.63) is 23.5 Å². The largest absolute Gasteiger partial charge is 0.348 e. The molecule has 1 aliphatic rings. The highest BCUT2D eigenvalue weighted by molar-refractivity contribution is 5.93. The number of hydrogen-bond donors (Lipinski definition) is 2. The Morgan fingerprint density at radius 3 is 2.80 bits per heavy atom. The number of amides is 1. The number of nitrogen functional groups attached to an aromatic ring is 1. The summed E-state index contributed by atoms with van der Waals surface area (Å²) in [6.45, 7) is 2.03. The van der Waals surface area contributed by atoms with E-state index in [0.29, 0.717) is 11.6 Å². The maximum Gasteiger partial charge on any atom is 0.266 e. The molecule has 15 heavy (non-hydrogen) atoms. The summed E-state index contributed by atoms with van der Waals surface area (Å²) >= 11 is 0. The van der Waals surface area contributed by atoms with Gasteiger partial charge in [-0.25, -0.2) is 5.84 Å². The molecule has 0 aliphatic heterocycles. The van der Waals surface area contributed by atoms with Crippen molar-refractivity contribution in [1.29, 1.82) is 0 Å². The van der Waals surface area contributed by atoms with E-state index in [2.05, 4.69) is 9.99 Å². The number of nitrogens with two attached hydrogens (primary N) is 1. The van der Waals surface area contributed by atoms with Crippen molar-refractivity contribution >= 4 is 5.91 Å². The lowest BCUT2D eigenvalue weighted by molar-refractivity contribution is 0.0953. The second-order valence-electron chi connectivity index (χ2n) is 4.19. The van der Waals surface area contributed by atoms with E-state index < -0.39 is 0 Å². The molecule has 4 heteroatoms. The van der Waals surface area contributed by atoms with Crippen molar-refractivity contribution < 1.29 is 4.79 Å². The average Bonchev–Trinajstić information content (AvgIpc) is 2.84. The van der Waals surface area contributed by atoms with Crippen molar-refractivity contribution in [2.45, 2.75) is 38.6 Å². The first-order valence-electron chi connectivity index (χ1n) is 5.42. The fourth-order valence-electron chi connectivity index (χ4n) is 2.37. The molecule has 2 rings (SSSR count). The maximum absolute atomic E-state index is 11.3. The Balaban J connectivity index is 2.24. The van der Waals surface area contributed by atoms with Crippen LogP contribution < -0.4 is 11.3 Å². The summed E-state index contributed by atoms with van der Waals surface area (Å²) < 4.78 is 2.21. The van der Waals surface area contributed by atoms with Crippen molar-refractivity contribution in [3.8, 4) is 0 Å². The molecule has 0 unspecified atom stereocenters. The summed E-state index contributed by atoms with van der Waals surface area (Å²) in [7, 11) is 0. The minimum Gasteiger partial charge on any atom is -0.348 e. The lowest BCUT2D eigenvalue weighted by Crippen LogP contribution is -2.29. The molecule has 1 heterocycles. The van der Waals surface area contributed by atoms with Gasteiger partial charge in [0, 0.05) is 17.9 Å². The molecule has 0 bridgehead atoms. The van der Waals surface area contributed by atoms with E-state index in [1.54, 1.807) is 0 Å². The average molecular weight is 207 g/mol. The van der Waals surface area contributed by atoms with Gasteiger partial charge in [-0.15, -0.1) is 0 Å². The van der Waals surface area contributed by atoms with E-state index in [-0.39, 0.29) is 5.91 Å². The SMILES string of the molecule is Cc1cc(C(=O)NN)cn1C1CCCC1. The van der Waals surface area contributed by atoms with E-state index in [1.165, 1.54) is 25.7 Å². The van der Waals surface area contributed by atoms with Gasteiger partial charge < -0.3 is 4.57 Å². The number of aromatic nitrogens is 1. The Morgan fingerprint density at radius 2 is 2.20 bits per heavy atom. The molecule has 0 atom stereocenters. The molecule has 0 aromatic carbocycles. The van der Waals surface area contributed by atoms with Crippen LogP contribution in [-0.2, 0) is 0 Å². The molecule has 1 aromatic heterocycles. The van der Waals surface area contributed by atoms with Gasteiger partial charge in [-0.05, 0) is 25.8 Å². The normalized spacial score (nSPS) is 16.9. The fraction of sp³-hybridized carbons (Fsp3) is 0.545. The lowest BCUT2D eigenvalue weighted by atomic mass is 10.2. The first kappa shape index (κ1) is 10.2. The maximum atomic E-state index is 11.3. The third-order valence-corrected chi connectivity index (χ3v) is 3.16. The van der Waals surface area contributed by atoms with E-state index in [1.807, 2.05) is 19.2 Å². The first-order chi connectivity index (χ1) is 7.22. The van der Waals surface area contributed by atoms with Crippen LogP contribution in [0.25, 0.3) is 0 Å². The molecule has 1 saturated carbocycles. The summed E-state index contributed by atoms with van der Waals surface area (Å²) in [6, 6.07) is 2.46. The zero-order chi connectivity index (χ0) is 10.8. The molecular formula is C11H17N3O. The molecule has 1 aliphatic carbocycles. The number of aryl methyl sites for hydroxylation is 1. The van der Waals surface area contributed by atoms with Gasteiger partial charge in [0.1, 0.15) is 0 Å². The second kappa shape index (κ2) is 4.06. The van der Waals surface area contributed by atoms with Crippen molar-refractivity contribution in [3.63, 3.8) is 0 Å². The van der Waals surface area contributed by atoms with Crippen LogP contribution in [0.3, 0.4) is 0 Å². The monoisotopic (exact) mass is 207 g/mol. The summed E-state index contributed by atoms with van der Waals surface area (Å²) in [5.41, 5.74) is 3.95. The van der Waals surface area contributed by atoms with Gasteiger partial charge in [-0.2, -0.15) is 0 Å². The molecule has 1 fully saturated rings. The molecule has 0 radical (unpaired) electrons. The van der Waals surface area contributed by atoms with E-state index >= 15 is 0 Å². The van der Waals surface area contributed by atoms with E-state index in [9.17, 15) is 4.79 Å². The van der Waals surface area contributed by atoms with Crippen molar-refractivity contribution in [2.24, 2.45) is 5.84 Å². The summed E-state index contributed by atoms with van der Waals surface area (Å²) in [4.78, 5) is 11.3. The molecule has 3 N–H and O–H groups in total. The van der Waals surface area contributed by atoms with Crippen molar-refractivity contribution in [2.75, 3.05) is 0 Å². The topological polar surface area (TPSA) is 60.1 Å². The van der Waals surface area contributed by atoms with Crippen LogP contribution in [0.2, 0.25) is 0 Å². The van der Waals surface area contributed by atoms with Crippen LogP contribution >= 0.6 is 0 Å². The number of hydrogen-bond acceptors (Lipinski definition) is 2. The Kier molecular flexibility index (Phi) is 2.77. The zero-order valence-corrected chi connectivity index (χ0v) is 8.99. The van der Waals surface area contributed by atoms with Gasteiger partial charge in [0.15, 0.2) is 0 Å². The lowest BCUT2D eigenvalue weighted by Gasteiger charge is -2.13.